The number of carboxylic acid groups (broad SMARTS) is 1. The largest absolute Gasteiger partial charge is 0.481 e. The van der Waals surface area contributed by atoms with Gasteiger partial charge in [0.1, 0.15) is 19.3 Å². The minimum absolute atomic E-state index is 0.0370. The molecule has 0 aromatic heterocycles. The van der Waals surface area contributed by atoms with Crippen LogP contribution in [-0.4, -0.2) is 143 Å². The van der Waals surface area contributed by atoms with Crippen LogP contribution in [0, 0.1) is 21.4 Å². The highest BCUT2D eigenvalue weighted by Crippen LogP contribution is 2.43. The molecular weight excluding hydrogens is 1530 g/mol. The first-order valence-electron chi connectivity index (χ1n) is 18.4. The Bertz CT molecular complexity index is 2090. The van der Waals surface area contributed by atoms with E-state index in [-0.39, 0.29) is 44.8 Å². The number of aliphatic hydroxyl groups excluding tert-OH is 5. The molecule has 3 rings (SSSR count). The van der Waals surface area contributed by atoms with Gasteiger partial charge in [-0.3, -0.25) is 33.6 Å². The van der Waals surface area contributed by atoms with Crippen molar-refractivity contribution in [1.82, 2.24) is 0 Å². The number of carbonyl (C=O) groups is 7. The lowest BCUT2D eigenvalue weighted by Gasteiger charge is -2.30. The van der Waals surface area contributed by atoms with Gasteiger partial charge in [0.25, 0.3) is 17.7 Å². The van der Waals surface area contributed by atoms with Crippen molar-refractivity contribution in [2.75, 3.05) is 73.2 Å². The maximum atomic E-state index is 13.4. The monoisotopic (exact) mass is 1580 g/mol. The van der Waals surface area contributed by atoms with Crippen molar-refractivity contribution in [1.29, 1.82) is 0 Å². The molecule has 0 aliphatic carbocycles. The van der Waals surface area contributed by atoms with Gasteiger partial charge in [-0.25, -0.2) is 0 Å². The van der Waals surface area contributed by atoms with E-state index >= 15 is 0 Å². The zero-order chi connectivity index (χ0) is 48.8. The molecule has 2 aromatic carbocycles. The van der Waals surface area contributed by atoms with Crippen molar-refractivity contribution in [2.45, 2.75) is 65.1 Å². The van der Waals surface area contributed by atoms with Crippen molar-refractivity contribution in [3.8, 4) is 0 Å². The van der Waals surface area contributed by atoms with Gasteiger partial charge in [-0.15, -0.1) is 0 Å². The van der Waals surface area contributed by atoms with Crippen molar-refractivity contribution in [2.24, 2.45) is 0 Å². The van der Waals surface area contributed by atoms with Gasteiger partial charge in [0.2, 0.25) is 5.91 Å². The van der Waals surface area contributed by atoms with E-state index in [1.54, 1.807) is 13.8 Å². The molecule has 0 bridgehead atoms. The second kappa shape index (κ2) is 27.7. The first-order valence-corrected chi connectivity index (χ1v) is 24.8. The average Bonchev–Trinajstić information content (AvgIpc) is 3.58. The van der Waals surface area contributed by atoms with Crippen LogP contribution in [0.3, 0.4) is 0 Å². The predicted molar refractivity (Wildman–Crippen MR) is 278 cm³/mol. The quantitative estimate of drug-likeness (QED) is 0.0741. The van der Waals surface area contributed by atoms with Crippen LogP contribution in [-0.2, 0) is 65.5 Å². The van der Waals surface area contributed by atoms with Gasteiger partial charge >= 0.3 is 17.9 Å². The Morgan fingerprint density at radius 1 is 0.734 bits per heavy atom. The molecule has 8 N–H and O–H groups in total. The molecule has 4 amide bonds. The van der Waals surface area contributed by atoms with Crippen LogP contribution >= 0.6 is 136 Å². The molecule has 2 aromatic rings. The Balaban J connectivity index is 0.000000473. The SMILES string of the molecule is CC(=O)OCC(=O)Nc1c(I)c(CCC(=O)O)c(I)c(N(CC2COC(C)(C)O2)C(=O)COC(C)=O)c1I.O=C(CO)Nc1c(I)c(CO)c(I)c(N(CC(O)CO)C(=O)CO)c1I. The summed E-state index contributed by atoms with van der Waals surface area (Å²) < 4.78 is 24.4. The Morgan fingerprint density at radius 2 is 1.25 bits per heavy atom. The fourth-order valence-electron chi connectivity index (χ4n) is 5.50. The van der Waals surface area contributed by atoms with Crippen molar-refractivity contribution >= 4 is 200 Å². The van der Waals surface area contributed by atoms with Gasteiger partial charge in [-0.1, -0.05) is 0 Å². The number of halogens is 6. The molecule has 64 heavy (non-hydrogen) atoms. The van der Waals surface area contributed by atoms with Crippen LogP contribution in [0.15, 0.2) is 0 Å². The average molecular weight is 1580 g/mol. The Hall–Kier alpha value is -1.17. The van der Waals surface area contributed by atoms with E-state index in [1.165, 1.54) is 18.7 Å². The number of nitrogens with zero attached hydrogens (tertiary/aromatic N) is 2. The third kappa shape index (κ3) is 17.1. The maximum Gasteiger partial charge on any atom is 0.303 e. The van der Waals surface area contributed by atoms with Gasteiger partial charge in [-0.2, -0.15) is 0 Å². The molecule has 0 radical (unpaired) electrons. The number of carboxylic acids is 1. The van der Waals surface area contributed by atoms with E-state index in [2.05, 4.69) is 10.6 Å². The molecule has 356 valence electrons. The molecular formula is C37H44I6N4O17. The van der Waals surface area contributed by atoms with Crippen LogP contribution in [0.1, 0.15) is 45.2 Å². The number of amides is 4. The maximum absolute atomic E-state index is 13.4. The van der Waals surface area contributed by atoms with Gasteiger partial charge in [-0.05, 0) is 161 Å². The summed E-state index contributed by atoms with van der Waals surface area (Å²) in [4.78, 5) is 86.2. The number of rotatable bonds is 19. The number of anilines is 4. The van der Waals surface area contributed by atoms with E-state index in [0.29, 0.717) is 49.6 Å². The van der Waals surface area contributed by atoms with Crippen LogP contribution in [0.25, 0.3) is 0 Å². The number of nitrogens with one attached hydrogen (secondary N) is 2. The molecule has 1 fully saturated rings. The van der Waals surface area contributed by atoms with Gasteiger partial charge in [0, 0.05) is 40.1 Å². The number of aliphatic carboxylic acids is 1. The lowest BCUT2D eigenvalue weighted by Crippen LogP contribution is -2.42. The standard InChI is InChI=1S/C23H27I3N2O10.C14H17I3N2O7/c1-11(29)35-9-15(31)27-21-18(24)14(5-6-17(33)34)19(25)22(20(21)26)28(16(32)10-36-12(2)30)7-13-8-37-23(3,4)38-13;15-10-7(3-21)11(16)14(12(17)13(10)18-8(25)4-22)19(9(26)5-23)1-6(24)2-20/h13H,5-10H2,1-4H3,(H,27,31)(H,33,34);6,20-24H,1-5H2,(H,18,25). The van der Waals surface area contributed by atoms with Gasteiger partial charge < -0.3 is 70.0 Å². The highest BCUT2D eigenvalue weighted by Gasteiger charge is 2.37. The van der Waals surface area contributed by atoms with Crippen LogP contribution in [0.5, 0.6) is 0 Å². The minimum Gasteiger partial charge on any atom is -0.481 e. The Kier molecular flexibility index (Phi) is 25.5. The molecule has 2 unspecified atom stereocenters. The van der Waals surface area contributed by atoms with Crippen molar-refractivity contribution in [3.05, 3.63) is 32.5 Å². The summed E-state index contributed by atoms with van der Waals surface area (Å²) in [6, 6.07) is 0. The normalized spacial score (nSPS) is 14.4. The zero-order valence-electron chi connectivity index (χ0n) is 34.3. The summed E-state index contributed by atoms with van der Waals surface area (Å²) in [6.45, 7) is 2.20. The minimum atomic E-state index is -1.25. The molecule has 1 aliphatic rings. The predicted octanol–water partition coefficient (Wildman–Crippen LogP) is 2.67. The fraction of sp³-hybridized carbons (Fsp3) is 0.486. The molecule has 21 nitrogen and oxygen atoms in total. The number of hydrogen-bond acceptors (Lipinski definition) is 16. The Labute approximate surface area is 448 Å². The highest BCUT2D eigenvalue weighted by molar-refractivity contribution is 14.1. The molecule has 27 heteroatoms. The molecule has 1 heterocycles. The lowest BCUT2D eigenvalue weighted by atomic mass is 10.1. The summed E-state index contributed by atoms with van der Waals surface area (Å²) in [5.41, 5.74) is 2.31. The summed E-state index contributed by atoms with van der Waals surface area (Å²) in [6.07, 6.45) is -1.83. The molecule has 0 spiro atoms. The highest BCUT2D eigenvalue weighted by atomic mass is 127. The number of esters is 2. The number of hydrogen-bond donors (Lipinski definition) is 8. The van der Waals surface area contributed by atoms with Gasteiger partial charge in [0.15, 0.2) is 19.0 Å². The van der Waals surface area contributed by atoms with Crippen molar-refractivity contribution in [3.63, 3.8) is 0 Å². The third-order valence-corrected chi connectivity index (χ3v) is 15.1. The second-order valence-electron chi connectivity index (χ2n) is 13.6. The van der Waals surface area contributed by atoms with Crippen LogP contribution in [0.2, 0.25) is 0 Å². The molecule has 1 aliphatic heterocycles. The third-order valence-electron chi connectivity index (χ3n) is 8.33. The van der Waals surface area contributed by atoms with E-state index < -0.39 is 92.6 Å². The lowest BCUT2D eigenvalue weighted by molar-refractivity contribution is -0.146. The first-order chi connectivity index (χ1) is 29.8. The van der Waals surface area contributed by atoms with Crippen LogP contribution < -0.4 is 20.4 Å². The van der Waals surface area contributed by atoms with E-state index in [0.717, 1.165) is 4.90 Å². The summed E-state index contributed by atoms with van der Waals surface area (Å²) in [5.74, 6) is -5.69. The summed E-state index contributed by atoms with van der Waals surface area (Å²) in [7, 11) is 0. The number of aliphatic hydroxyl groups is 5. The van der Waals surface area contributed by atoms with E-state index in [1.807, 2.05) is 136 Å². The number of benzene rings is 2. The van der Waals surface area contributed by atoms with Crippen molar-refractivity contribution < 1.29 is 83.1 Å². The molecule has 0 saturated carbocycles. The molecule has 2 atom stereocenters. The fourth-order valence-corrected chi connectivity index (χ4v) is 14.4. The number of ether oxygens (including phenoxy) is 4. The topological polar surface area (TPSA) is 308 Å². The smallest absolute Gasteiger partial charge is 0.303 e. The summed E-state index contributed by atoms with van der Waals surface area (Å²) >= 11 is 11.8. The zero-order valence-corrected chi connectivity index (χ0v) is 47.2. The first kappa shape index (κ1) is 59.0. The second-order valence-corrected chi connectivity index (χ2v) is 20.1. The van der Waals surface area contributed by atoms with E-state index in [4.69, 9.17) is 29.2 Å². The van der Waals surface area contributed by atoms with E-state index in [9.17, 15) is 54.0 Å². The summed E-state index contributed by atoms with van der Waals surface area (Å²) in [5, 5.41) is 61.4. The Morgan fingerprint density at radius 3 is 1.72 bits per heavy atom. The molecule has 1 saturated heterocycles. The van der Waals surface area contributed by atoms with Gasteiger partial charge in [0.05, 0.1) is 68.9 Å². The van der Waals surface area contributed by atoms with Crippen LogP contribution in [0.4, 0.5) is 22.7 Å². The number of carbonyl (C=O) groups excluding carboxylic acids is 6.